The third-order valence-corrected chi connectivity index (χ3v) is 4.55. The maximum absolute atomic E-state index is 6.06. The van der Waals surface area contributed by atoms with Gasteiger partial charge in [-0.1, -0.05) is 12.8 Å². The number of aryl methyl sites for hydroxylation is 1. The van der Waals surface area contributed by atoms with Gasteiger partial charge in [-0.3, -0.25) is 0 Å². The Morgan fingerprint density at radius 3 is 2.42 bits per heavy atom. The SMILES string of the molecule is Cc1cc2c(cc1C(CN)C1CCCC1)OCCO2. The fraction of sp³-hybridized carbons (Fsp3) is 0.625. The van der Waals surface area contributed by atoms with Crippen molar-refractivity contribution in [2.45, 2.75) is 38.5 Å². The van der Waals surface area contributed by atoms with Crippen LogP contribution in [-0.2, 0) is 0 Å². The number of rotatable bonds is 3. The van der Waals surface area contributed by atoms with E-state index < -0.39 is 0 Å². The normalized spacial score (nSPS) is 20.5. The molecule has 0 saturated heterocycles. The summed E-state index contributed by atoms with van der Waals surface area (Å²) in [7, 11) is 0. The molecule has 0 spiro atoms. The van der Waals surface area contributed by atoms with E-state index in [4.69, 9.17) is 15.2 Å². The summed E-state index contributed by atoms with van der Waals surface area (Å²) in [6.07, 6.45) is 5.33. The zero-order chi connectivity index (χ0) is 13.2. The van der Waals surface area contributed by atoms with Crippen LogP contribution in [0.5, 0.6) is 11.5 Å². The van der Waals surface area contributed by atoms with Crippen LogP contribution >= 0.6 is 0 Å². The van der Waals surface area contributed by atoms with Crippen LogP contribution in [-0.4, -0.2) is 19.8 Å². The van der Waals surface area contributed by atoms with E-state index in [1.54, 1.807) is 0 Å². The molecule has 1 aromatic rings. The molecule has 2 N–H and O–H groups in total. The number of hydrogen-bond donors (Lipinski definition) is 1. The van der Waals surface area contributed by atoms with Gasteiger partial charge in [0.05, 0.1) is 0 Å². The van der Waals surface area contributed by atoms with Crippen molar-refractivity contribution < 1.29 is 9.47 Å². The number of ether oxygens (including phenoxy) is 2. The molecule has 3 heteroatoms. The van der Waals surface area contributed by atoms with E-state index in [1.807, 2.05) is 0 Å². The van der Waals surface area contributed by atoms with Crippen molar-refractivity contribution in [1.82, 2.24) is 0 Å². The molecule has 0 radical (unpaired) electrons. The highest BCUT2D eigenvalue weighted by Gasteiger charge is 2.27. The highest BCUT2D eigenvalue weighted by atomic mass is 16.6. The van der Waals surface area contributed by atoms with Gasteiger partial charge in [-0.05, 0) is 61.4 Å². The van der Waals surface area contributed by atoms with Gasteiger partial charge in [0.15, 0.2) is 11.5 Å². The van der Waals surface area contributed by atoms with Gasteiger partial charge in [-0.15, -0.1) is 0 Å². The molecular weight excluding hydrogens is 238 g/mol. The molecule has 1 aromatic carbocycles. The van der Waals surface area contributed by atoms with Crippen LogP contribution in [0, 0.1) is 12.8 Å². The first-order chi connectivity index (χ1) is 9.29. The topological polar surface area (TPSA) is 44.5 Å². The maximum Gasteiger partial charge on any atom is 0.161 e. The first kappa shape index (κ1) is 12.8. The van der Waals surface area contributed by atoms with Crippen molar-refractivity contribution in [2.24, 2.45) is 11.7 Å². The van der Waals surface area contributed by atoms with Crippen LogP contribution in [0.2, 0.25) is 0 Å². The molecule has 1 aliphatic heterocycles. The van der Waals surface area contributed by atoms with Gasteiger partial charge >= 0.3 is 0 Å². The maximum atomic E-state index is 6.06. The summed E-state index contributed by atoms with van der Waals surface area (Å²) in [5.41, 5.74) is 8.70. The van der Waals surface area contributed by atoms with Crippen molar-refractivity contribution in [2.75, 3.05) is 19.8 Å². The molecule has 0 bridgehead atoms. The molecule has 3 nitrogen and oxygen atoms in total. The van der Waals surface area contributed by atoms with Crippen LogP contribution in [0.3, 0.4) is 0 Å². The van der Waals surface area contributed by atoms with E-state index >= 15 is 0 Å². The van der Waals surface area contributed by atoms with Crippen LogP contribution in [0.1, 0.15) is 42.7 Å². The van der Waals surface area contributed by atoms with E-state index in [-0.39, 0.29) is 0 Å². The van der Waals surface area contributed by atoms with E-state index in [2.05, 4.69) is 19.1 Å². The van der Waals surface area contributed by atoms with Gasteiger partial charge in [0.2, 0.25) is 0 Å². The predicted molar refractivity (Wildman–Crippen MR) is 75.9 cm³/mol. The van der Waals surface area contributed by atoms with Crippen LogP contribution in [0.4, 0.5) is 0 Å². The van der Waals surface area contributed by atoms with Gasteiger partial charge in [0, 0.05) is 0 Å². The zero-order valence-corrected chi connectivity index (χ0v) is 11.7. The van der Waals surface area contributed by atoms with Crippen molar-refractivity contribution in [1.29, 1.82) is 0 Å². The Labute approximate surface area is 115 Å². The van der Waals surface area contributed by atoms with E-state index in [1.165, 1.54) is 36.8 Å². The van der Waals surface area contributed by atoms with Crippen LogP contribution in [0.15, 0.2) is 12.1 Å². The van der Waals surface area contributed by atoms with Gasteiger partial charge in [0.1, 0.15) is 13.2 Å². The molecular formula is C16H23NO2. The zero-order valence-electron chi connectivity index (χ0n) is 11.7. The number of hydrogen-bond acceptors (Lipinski definition) is 3. The Kier molecular flexibility index (Phi) is 3.65. The lowest BCUT2D eigenvalue weighted by atomic mass is 9.82. The molecule has 1 unspecified atom stereocenters. The molecule has 1 atom stereocenters. The van der Waals surface area contributed by atoms with Gasteiger partial charge < -0.3 is 15.2 Å². The number of fused-ring (bicyclic) bond motifs is 1. The van der Waals surface area contributed by atoms with Crippen molar-refractivity contribution in [3.8, 4) is 11.5 Å². The molecule has 0 amide bonds. The molecule has 3 rings (SSSR count). The summed E-state index contributed by atoms with van der Waals surface area (Å²) >= 11 is 0. The van der Waals surface area contributed by atoms with Crippen LogP contribution < -0.4 is 15.2 Å². The lowest BCUT2D eigenvalue weighted by Gasteiger charge is -2.27. The Morgan fingerprint density at radius 1 is 1.16 bits per heavy atom. The summed E-state index contributed by atoms with van der Waals surface area (Å²) in [4.78, 5) is 0. The van der Waals surface area contributed by atoms with Gasteiger partial charge in [0.25, 0.3) is 0 Å². The average molecular weight is 261 g/mol. The Hall–Kier alpha value is -1.22. The van der Waals surface area contributed by atoms with Crippen molar-refractivity contribution >= 4 is 0 Å². The predicted octanol–water partition coefficient (Wildman–Crippen LogP) is 3.00. The molecule has 104 valence electrons. The summed E-state index contributed by atoms with van der Waals surface area (Å²) in [5, 5.41) is 0. The lowest BCUT2D eigenvalue weighted by molar-refractivity contribution is 0.171. The third-order valence-electron chi connectivity index (χ3n) is 4.55. The highest BCUT2D eigenvalue weighted by molar-refractivity contribution is 5.49. The smallest absolute Gasteiger partial charge is 0.161 e. The minimum Gasteiger partial charge on any atom is -0.486 e. The number of nitrogens with two attached hydrogens (primary N) is 1. The molecule has 1 saturated carbocycles. The molecule has 19 heavy (non-hydrogen) atoms. The second kappa shape index (κ2) is 5.41. The highest BCUT2D eigenvalue weighted by Crippen LogP contribution is 2.41. The Balaban J connectivity index is 1.93. The third kappa shape index (κ3) is 2.44. The fourth-order valence-corrected chi connectivity index (χ4v) is 3.54. The summed E-state index contributed by atoms with van der Waals surface area (Å²) < 4.78 is 11.4. The van der Waals surface area contributed by atoms with E-state index in [9.17, 15) is 0 Å². The van der Waals surface area contributed by atoms with Crippen LogP contribution in [0.25, 0.3) is 0 Å². The molecule has 0 aromatic heterocycles. The van der Waals surface area contributed by atoms with Crippen molar-refractivity contribution in [3.05, 3.63) is 23.3 Å². The molecule has 1 aliphatic carbocycles. The summed E-state index contributed by atoms with van der Waals surface area (Å²) in [5.74, 6) is 2.99. The Morgan fingerprint density at radius 2 is 1.79 bits per heavy atom. The first-order valence-corrected chi connectivity index (χ1v) is 7.40. The minimum absolute atomic E-state index is 0.471. The second-order valence-electron chi connectivity index (χ2n) is 5.74. The summed E-state index contributed by atoms with van der Waals surface area (Å²) in [6.45, 7) is 4.18. The minimum atomic E-state index is 0.471. The Bertz CT molecular complexity index is 452. The molecule has 2 aliphatic rings. The standard InChI is InChI=1S/C16H23NO2/c1-11-8-15-16(19-7-6-18-15)9-13(11)14(10-17)12-4-2-3-5-12/h8-9,12,14H,2-7,10,17H2,1H3. The fourth-order valence-electron chi connectivity index (χ4n) is 3.54. The molecule has 1 fully saturated rings. The quantitative estimate of drug-likeness (QED) is 0.909. The molecule has 1 heterocycles. The first-order valence-electron chi connectivity index (χ1n) is 7.40. The van der Waals surface area contributed by atoms with Gasteiger partial charge in [-0.2, -0.15) is 0 Å². The van der Waals surface area contributed by atoms with Gasteiger partial charge in [-0.25, -0.2) is 0 Å². The average Bonchev–Trinajstić information content (AvgIpc) is 2.94. The summed E-state index contributed by atoms with van der Waals surface area (Å²) in [6, 6.07) is 4.28. The van der Waals surface area contributed by atoms with Crippen molar-refractivity contribution in [3.63, 3.8) is 0 Å². The largest absolute Gasteiger partial charge is 0.486 e. The monoisotopic (exact) mass is 261 g/mol. The number of benzene rings is 1. The second-order valence-corrected chi connectivity index (χ2v) is 5.74. The van der Waals surface area contributed by atoms with E-state index in [0.29, 0.717) is 19.1 Å². The lowest BCUT2D eigenvalue weighted by Crippen LogP contribution is -2.22. The van der Waals surface area contributed by atoms with E-state index in [0.717, 1.165) is 24.0 Å².